The second-order valence-electron chi connectivity index (χ2n) is 7.26. The van der Waals surface area contributed by atoms with Gasteiger partial charge in [-0.05, 0) is 37.1 Å². The number of rotatable bonds is 12. The molecule has 6 heteroatoms. The van der Waals surface area contributed by atoms with Crippen molar-refractivity contribution in [3.05, 3.63) is 72.4 Å². The fourth-order valence-electron chi connectivity index (χ4n) is 3.10. The van der Waals surface area contributed by atoms with E-state index in [-0.39, 0.29) is 0 Å². The normalized spacial score (nSPS) is 12.7. The van der Waals surface area contributed by atoms with Gasteiger partial charge in [-0.3, -0.25) is 4.57 Å². The van der Waals surface area contributed by atoms with Gasteiger partial charge in [0.25, 0.3) is 0 Å². The molecule has 5 nitrogen and oxygen atoms in total. The van der Waals surface area contributed by atoms with Crippen LogP contribution in [0.25, 0.3) is 10.9 Å². The number of unbranched alkanes of at least 4 members (excludes halogenated alkanes) is 2. The Bertz CT molecular complexity index is 951. The van der Waals surface area contributed by atoms with Gasteiger partial charge in [0.1, 0.15) is 0 Å². The summed E-state index contributed by atoms with van der Waals surface area (Å²) in [5.74, 6) is -0.696. The molecule has 2 aromatic carbocycles. The van der Waals surface area contributed by atoms with E-state index >= 15 is 0 Å². The molecule has 1 atom stereocenters. The molecule has 0 amide bonds. The molecule has 0 bridgehead atoms. The van der Waals surface area contributed by atoms with E-state index in [0.717, 1.165) is 42.3 Å². The molecule has 0 radical (unpaired) electrons. The molecule has 0 aliphatic rings. The van der Waals surface area contributed by atoms with Crippen LogP contribution in [-0.4, -0.2) is 18.2 Å². The average molecular weight is 426 g/mol. The fourth-order valence-corrected chi connectivity index (χ4v) is 5.01. The van der Waals surface area contributed by atoms with Crippen molar-refractivity contribution in [2.24, 2.45) is 0 Å². The number of benzene rings is 2. The van der Waals surface area contributed by atoms with Crippen LogP contribution in [0.4, 0.5) is 5.69 Å². The van der Waals surface area contributed by atoms with Crippen molar-refractivity contribution in [3.63, 3.8) is 0 Å². The molecule has 0 aliphatic heterocycles. The van der Waals surface area contributed by atoms with Crippen molar-refractivity contribution in [3.8, 4) is 0 Å². The van der Waals surface area contributed by atoms with Crippen LogP contribution in [0.2, 0.25) is 0 Å². The zero-order chi connectivity index (χ0) is 21.2. The number of hydrogen-bond acceptors (Lipinski definition) is 5. The summed E-state index contributed by atoms with van der Waals surface area (Å²) in [6.07, 6.45) is 3.56. The van der Waals surface area contributed by atoms with Gasteiger partial charge in [-0.1, -0.05) is 69.2 Å². The van der Waals surface area contributed by atoms with Crippen LogP contribution >= 0.6 is 7.60 Å². The van der Waals surface area contributed by atoms with Gasteiger partial charge in [-0.25, -0.2) is 4.98 Å². The molecular weight excluding hydrogens is 395 g/mol. The maximum absolute atomic E-state index is 14.1. The zero-order valence-corrected chi connectivity index (χ0v) is 18.7. The third kappa shape index (κ3) is 5.91. The largest absolute Gasteiger partial charge is 0.367 e. The fraction of sp³-hybridized carbons (Fsp3) is 0.375. The molecule has 0 saturated carbocycles. The van der Waals surface area contributed by atoms with Crippen molar-refractivity contribution >= 4 is 24.2 Å². The molecule has 0 fully saturated rings. The highest BCUT2D eigenvalue weighted by molar-refractivity contribution is 7.54. The van der Waals surface area contributed by atoms with E-state index in [1.165, 1.54) is 0 Å². The average Bonchev–Trinajstić information content (AvgIpc) is 2.78. The summed E-state index contributed by atoms with van der Waals surface area (Å²) in [6, 6.07) is 21.5. The van der Waals surface area contributed by atoms with Crippen LogP contribution in [0.15, 0.2) is 66.7 Å². The predicted molar refractivity (Wildman–Crippen MR) is 124 cm³/mol. The lowest BCUT2D eigenvalue weighted by molar-refractivity contribution is 0.194. The van der Waals surface area contributed by atoms with Gasteiger partial charge in [0.05, 0.1) is 24.4 Å². The van der Waals surface area contributed by atoms with Gasteiger partial charge in [0.2, 0.25) is 0 Å². The molecule has 30 heavy (non-hydrogen) atoms. The molecule has 0 spiro atoms. The number of nitrogens with zero attached hydrogens (tertiary/aromatic N) is 1. The van der Waals surface area contributed by atoms with Gasteiger partial charge in [0.15, 0.2) is 5.78 Å². The Hall–Kier alpha value is -2.20. The van der Waals surface area contributed by atoms with Gasteiger partial charge in [0, 0.05) is 11.1 Å². The highest BCUT2D eigenvalue weighted by atomic mass is 31.2. The van der Waals surface area contributed by atoms with Crippen molar-refractivity contribution in [1.29, 1.82) is 0 Å². The predicted octanol–water partition coefficient (Wildman–Crippen LogP) is 7.17. The van der Waals surface area contributed by atoms with Crippen molar-refractivity contribution < 1.29 is 13.6 Å². The first-order valence-corrected chi connectivity index (χ1v) is 12.3. The Morgan fingerprint density at radius 3 is 2.17 bits per heavy atom. The second kappa shape index (κ2) is 11.3. The Labute approximate surface area is 179 Å². The Balaban J connectivity index is 2.00. The molecule has 3 rings (SSSR count). The Morgan fingerprint density at radius 1 is 0.867 bits per heavy atom. The monoisotopic (exact) mass is 426 g/mol. The number of nitrogens with one attached hydrogen (secondary N) is 1. The highest BCUT2D eigenvalue weighted by Gasteiger charge is 2.38. The minimum atomic E-state index is -3.53. The first-order valence-electron chi connectivity index (χ1n) is 10.7. The highest BCUT2D eigenvalue weighted by Crippen LogP contribution is 2.60. The zero-order valence-electron chi connectivity index (χ0n) is 17.8. The SMILES string of the molecule is CCCCOP(=O)(OCCCC)C(Nc1ccccc1)c1ccc2ccccc2n1. The molecule has 0 aliphatic carbocycles. The molecule has 160 valence electrons. The van der Waals surface area contributed by atoms with E-state index < -0.39 is 13.4 Å². The van der Waals surface area contributed by atoms with Crippen LogP contribution < -0.4 is 5.32 Å². The van der Waals surface area contributed by atoms with Crippen molar-refractivity contribution in [2.45, 2.75) is 45.3 Å². The maximum atomic E-state index is 14.1. The summed E-state index contributed by atoms with van der Waals surface area (Å²) in [4.78, 5) is 4.80. The lowest BCUT2D eigenvalue weighted by Crippen LogP contribution is -2.17. The lowest BCUT2D eigenvalue weighted by Gasteiger charge is -2.28. The summed E-state index contributed by atoms with van der Waals surface area (Å²) in [5.41, 5.74) is 2.34. The van der Waals surface area contributed by atoms with Crippen LogP contribution in [0.3, 0.4) is 0 Å². The molecule has 0 saturated heterocycles. The smallest absolute Gasteiger partial charge is 0.358 e. The standard InChI is InChI=1S/C24H31N2O3P/c1-3-5-18-28-30(27,29-19-6-4-2)24(25-21-13-8-7-9-14-21)23-17-16-20-12-10-11-15-22(20)26-23/h7-17,24-25H,3-6,18-19H2,1-2H3. The number of fused-ring (bicyclic) bond motifs is 1. The summed E-state index contributed by atoms with van der Waals surface area (Å²) < 4.78 is 26.0. The Kier molecular flexibility index (Phi) is 8.44. The number of pyridine rings is 1. The second-order valence-corrected chi connectivity index (χ2v) is 9.37. The van der Waals surface area contributed by atoms with Gasteiger partial charge >= 0.3 is 7.60 Å². The number of aromatic nitrogens is 1. The van der Waals surface area contributed by atoms with Gasteiger partial charge < -0.3 is 14.4 Å². The van der Waals surface area contributed by atoms with Crippen molar-refractivity contribution in [2.75, 3.05) is 18.5 Å². The minimum Gasteiger partial charge on any atom is -0.367 e. The molecular formula is C24H31N2O3P. The van der Waals surface area contributed by atoms with E-state index in [0.29, 0.717) is 18.9 Å². The van der Waals surface area contributed by atoms with Gasteiger partial charge in [-0.2, -0.15) is 0 Å². The van der Waals surface area contributed by atoms with E-state index in [4.69, 9.17) is 14.0 Å². The van der Waals surface area contributed by atoms with Crippen LogP contribution in [-0.2, 0) is 13.6 Å². The third-order valence-electron chi connectivity index (χ3n) is 4.83. The van der Waals surface area contributed by atoms with Crippen LogP contribution in [0.5, 0.6) is 0 Å². The summed E-state index contributed by atoms with van der Waals surface area (Å²) in [6.45, 7) is 4.94. The number of anilines is 1. The third-order valence-corrected chi connectivity index (χ3v) is 6.94. The maximum Gasteiger partial charge on any atom is 0.358 e. The lowest BCUT2D eigenvalue weighted by atomic mass is 10.2. The molecule has 1 heterocycles. The topological polar surface area (TPSA) is 60.5 Å². The first-order chi connectivity index (χ1) is 14.7. The summed E-state index contributed by atoms with van der Waals surface area (Å²) in [5, 5.41) is 4.41. The molecule has 3 aromatic rings. The summed E-state index contributed by atoms with van der Waals surface area (Å²) in [7, 11) is -3.53. The first kappa shape index (κ1) is 22.5. The quantitative estimate of drug-likeness (QED) is 0.246. The van der Waals surface area contributed by atoms with E-state index in [1.807, 2.05) is 66.7 Å². The molecule has 1 unspecified atom stereocenters. The number of para-hydroxylation sites is 2. The van der Waals surface area contributed by atoms with Crippen molar-refractivity contribution in [1.82, 2.24) is 4.98 Å². The Morgan fingerprint density at radius 2 is 1.50 bits per heavy atom. The summed E-state index contributed by atoms with van der Waals surface area (Å²) >= 11 is 0. The van der Waals surface area contributed by atoms with E-state index in [9.17, 15) is 4.57 Å². The van der Waals surface area contributed by atoms with E-state index in [2.05, 4.69) is 19.2 Å². The molecule has 1 N–H and O–H groups in total. The van der Waals surface area contributed by atoms with Gasteiger partial charge in [-0.15, -0.1) is 0 Å². The van der Waals surface area contributed by atoms with E-state index in [1.54, 1.807) is 0 Å². The van der Waals surface area contributed by atoms with Crippen LogP contribution in [0.1, 0.15) is 51.0 Å². The van der Waals surface area contributed by atoms with Crippen LogP contribution in [0, 0.1) is 0 Å². The minimum absolute atomic E-state index is 0.389. The molecule has 1 aromatic heterocycles. The number of hydrogen-bond donors (Lipinski definition) is 1.